The Labute approximate surface area is 125 Å². The lowest BCUT2D eigenvalue weighted by molar-refractivity contribution is 0.0784. The molecule has 2 nitrogen and oxygen atoms in total. The first-order valence-electron chi connectivity index (χ1n) is 6.99. The van der Waals surface area contributed by atoms with Crippen molar-refractivity contribution in [2.75, 3.05) is 13.2 Å². The van der Waals surface area contributed by atoms with Crippen LogP contribution in [0.25, 0.3) is 0 Å². The fourth-order valence-corrected chi connectivity index (χ4v) is 2.99. The third-order valence-corrected chi connectivity index (χ3v) is 4.11. The van der Waals surface area contributed by atoms with Gasteiger partial charge < -0.3 is 10.1 Å². The Hall–Kier alpha value is -0.280. The molecule has 2 unspecified atom stereocenters. The Kier molecular flexibility index (Phi) is 5.96. The Morgan fingerprint density at radius 1 is 1.42 bits per heavy atom. The monoisotopic (exact) mass is 301 g/mol. The highest BCUT2D eigenvalue weighted by atomic mass is 35.5. The largest absolute Gasteiger partial charge is 0.377 e. The lowest BCUT2D eigenvalue weighted by Gasteiger charge is -2.24. The zero-order valence-corrected chi connectivity index (χ0v) is 12.8. The van der Waals surface area contributed by atoms with Crippen LogP contribution in [0.3, 0.4) is 0 Å². The van der Waals surface area contributed by atoms with Crippen LogP contribution in [0.1, 0.15) is 31.7 Å². The van der Waals surface area contributed by atoms with Crippen LogP contribution in [0.4, 0.5) is 0 Å². The maximum Gasteiger partial charge on any atom is 0.0732 e. The lowest BCUT2D eigenvalue weighted by atomic mass is 9.99. The topological polar surface area (TPSA) is 21.3 Å². The van der Waals surface area contributed by atoms with Crippen molar-refractivity contribution in [3.63, 3.8) is 0 Å². The van der Waals surface area contributed by atoms with Gasteiger partial charge in [-0.15, -0.1) is 0 Å². The number of hydrogen-bond donors (Lipinski definition) is 1. The number of nitrogens with one attached hydrogen (secondary N) is 1. The molecule has 1 fully saturated rings. The summed E-state index contributed by atoms with van der Waals surface area (Å²) in [4.78, 5) is 0. The molecule has 1 aliphatic heterocycles. The maximum absolute atomic E-state index is 6.26. The van der Waals surface area contributed by atoms with Gasteiger partial charge in [0, 0.05) is 22.7 Å². The van der Waals surface area contributed by atoms with E-state index in [-0.39, 0.29) is 0 Å². The zero-order valence-electron chi connectivity index (χ0n) is 11.3. The van der Waals surface area contributed by atoms with Crippen molar-refractivity contribution >= 4 is 23.2 Å². The number of ether oxygens (including phenoxy) is 1. The van der Waals surface area contributed by atoms with Gasteiger partial charge in [0.1, 0.15) is 0 Å². The molecular weight excluding hydrogens is 281 g/mol. The molecule has 0 saturated carbocycles. The second kappa shape index (κ2) is 7.49. The zero-order chi connectivity index (χ0) is 13.7. The molecule has 0 bridgehead atoms. The summed E-state index contributed by atoms with van der Waals surface area (Å²) in [5.74, 6) is 0. The van der Waals surface area contributed by atoms with Crippen molar-refractivity contribution in [2.24, 2.45) is 0 Å². The molecule has 19 heavy (non-hydrogen) atoms. The Morgan fingerprint density at radius 3 is 2.89 bits per heavy atom. The van der Waals surface area contributed by atoms with Crippen LogP contribution >= 0.6 is 23.2 Å². The van der Waals surface area contributed by atoms with Gasteiger partial charge in [-0.25, -0.2) is 0 Å². The van der Waals surface area contributed by atoms with Gasteiger partial charge in [0.15, 0.2) is 0 Å². The van der Waals surface area contributed by atoms with Crippen LogP contribution < -0.4 is 5.32 Å². The molecule has 0 aromatic heterocycles. The van der Waals surface area contributed by atoms with Crippen LogP contribution in [0.5, 0.6) is 0 Å². The van der Waals surface area contributed by atoms with E-state index in [1.54, 1.807) is 0 Å². The lowest BCUT2D eigenvalue weighted by Crippen LogP contribution is -2.41. The first-order chi connectivity index (χ1) is 9.20. The van der Waals surface area contributed by atoms with E-state index < -0.39 is 0 Å². The molecule has 2 atom stereocenters. The van der Waals surface area contributed by atoms with Gasteiger partial charge in [-0.05, 0) is 49.9 Å². The molecule has 1 saturated heterocycles. The number of halogens is 2. The fraction of sp³-hybridized carbons (Fsp3) is 0.600. The summed E-state index contributed by atoms with van der Waals surface area (Å²) in [7, 11) is 0. The molecule has 1 aromatic rings. The first-order valence-corrected chi connectivity index (χ1v) is 7.75. The van der Waals surface area contributed by atoms with Gasteiger partial charge in [0.2, 0.25) is 0 Å². The molecule has 106 valence electrons. The summed E-state index contributed by atoms with van der Waals surface area (Å²) in [6.45, 7) is 4.06. The summed E-state index contributed by atoms with van der Waals surface area (Å²) in [6, 6.07) is 6.06. The van der Waals surface area contributed by atoms with Crippen molar-refractivity contribution in [2.45, 2.75) is 44.8 Å². The molecule has 0 amide bonds. The van der Waals surface area contributed by atoms with Crippen molar-refractivity contribution in [1.29, 1.82) is 0 Å². The molecule has 1 heterocycles. The van der Waals surface area contributed by atoms with Crippen LogP contribution in [0.15, 0.2) is 18.2 Å². The predicted octanol–water partition coefficient (Wildman–Crippen LogP) is 4.08. The van der Waals surface area contributed by atoms with Crippen molar-refractivity contribution < 1.29 is 4.74 Å². The van der Waals surface area contributed by atoms with E-state index in [4.69, 9.17) is 27.9 Å². The predicted molar refractivity (Wildman–Crippen MR) is 81.2 cm³/mol. The Morgan fingerprint density at radius 2 is 2.26 bits per heavy atom. The first kappa shape index (κ1) is 15.1. The number of rotatable bonds is 6. The molecule has 0 aliphatic carbocycles. The van der Waals surface area contributed by atoms with Gasteiger partial charge in [0.05, 0.1) is 6.10 Å². The fourth-order valence-electron chi connectivity index (χ4n) is 2.51. The van der Waals surface area contributed by atoms with Gasteiger partial charge in [-0.1, -0.05) is 36.2 Å². The van der Waals surface area contributed by atoms with E-state index >= 15 is 0 Å². The molecule has 0 radical (unpaired) electrons. The SMILES string of the molecule is CCCNC(Cc1ccc(Cl)cc1Cl)C1CCCO1. The molecule has 1 aliphatic rings. The summed E-state index contributed by atoms with van der Waals surface area (Å²) in [5.41, 5.74) is 1.13. The van der Waals surface area contributed by atoms with Crippen LogP contribution in [-0.4, -0.2) is 25.3 Å². The Balaban J connectivity index is 2.05. The molecule has 4 heteroatoms. The van der Waals surface area contributed by atoms with E-state index in [1.165, 1.54) is 0 Å². The number of hydrogen-bond acceptors (Lipinski definition) is 2. The van der Waals surface area contributed by atoms with E-state index in [9.17, 15) is 0 Å². The highest BCUT2D eigenvalue weighted by Crippen LogP contribution is 2.25. The summed E-state index contributed by atoms with van der Waals surface area (Å²) >= 11 is 12.2. The highest BCUT2D eigenvalue weighted by molar-refractivity contribution is 6.35. The second-order valence-electron chi connectivity index (χ2n) is 5.05. The normalized spacial score (nSPS) is 20.7. The van der Waals surface area contributed by atoms with Gasteiger partial charge in [0.25, 0.3) is 0 Å². The van der Waals surface area contributed by atoms with Crippen LogP contribution in [0.2, 0.25) is 10.0 Å². The molecule has 2 rings (SSSR count). The van der Waals surface area contributed by atoms with E-state index in [0.29, 0.717) is 17.2 Å². The van der Waals surface area contributed by atoms with Gasteiger partial charge in [-0.2, -0.15) is 0 Å². The molecule has 0 spiro atoms. The molecular formula is C15H21Cl2NO. The minimum Gasteiger partial charge on any atom is -0.377 e. The van der Waals surface area contributed by atoms with Crippen molar-refractivity contribution in [3.8, 4) is 0 Å². The quantitative estimate of drug-likeness (QED) is 0.855. The van der Waals surface area contributed by atoms with Gasteiger partial charge in [-0.3, -0.25) is 0 Å². The van der Waals surface area contributed by atoms with E-state index in [0.717, 1.165) is 49.4 Å². The van der Waals surface area contributed by atoms with E-state index in [1.807, 2.05) is 18.2 Å². The molecule has 1 aromatic carbocycles. The summed E-state index contributed by atoms with van der Waals surface area (Å²) in [5, 5.41) is 5.01. The smallest absolute Gasteiger partial charge is 0.0732 e. The third-order valence-electron chi connectivity index (χ3n) is 3.53. The standard InChI is InChI=1S/C15H21Cl2NO/c1-2-7-18-14(15-4-3-8-19-15)9-11-5-6-12(16)10-13(11)17/h5-6,10,14-15,18H,2-4,7-9H2,1H3. The van der Waals surface area contributed by atoms with E-state index in [2.05, 4.69) is 12.2 Å². The highest BCUT2D eigenvalue weighted by Gasteiger charge is 2.26. The van der Waals surface area contributed by atoms with Crippen LogP contribution in [-0.2, 0) is 11.2 Å². The summed E-state index contributed by atoms with van der Waals surface area (Å²) < 4.78 is 5.82. The summed E-state index contributed by atoms with van der Waals surface area (Å²) in [6.07, 6.45) is 4.60. The van der Waals surface area contributed by atoms with Crippen molar-refractivity contribution in [3.05, 3.63) is 33.8 Å². The van der Waals surface area contributed by atoms with Crippen molar-refractivity contribution in [1.82, 2.24) is 5.32 Å². The average molecular weight is 302 g/mol. The third kappa shape index (κ3) is 4.35. The van der Waals surface area contributed by atoms with Gasteiger partial charge >= 0.3 is 0 Å². The second-order valence-corrected chi connectivity index (χ2v) is 5.90. The average Bonchev–Trinajstić information content (AvgIpc) is 2.90. The minimum absolute atomic E-state index is 0.304. The van der Waals surface area contributed by atoms with Crippen LogP contribution in [0, 0.1) is 0 Å². The molecule has 1 N–H and O–H groups in total. The maximum atomic E-state index is 6.26. The Bertz CT molecular complexity index is 405. The minimum atomic E-state index is 0.304. The number of benzene rings is 1.